The highest BCUT2D eigenvalue weighted by Crippen LogP contribution is 2.45. The van der Waals surface area contributed by atoms with Crippen molar-refractivity contribution in [3.63, 3.8) is 0 Å². The lowest BCUT2D eigenvalue weighted by molar-refractivity contribution is -0.134. The van der Waals surface area contributed by atoms with Crippen molar-refractivity contribution in [3.05, 3.63) is 63.6 Å². The van der Waals surface area contributed by atoms with E-state index in [1.165, 1.54) is 4.90 Å². The molecule has 0 radical (unpaired) electrons. The van der Waals surface area contributed by atoms with E-state index in [2.05, 4.69) is 10.6 Å². The van der Waals surface area contributed by atoms with Gasteiger partial charge in [-0.25, -0.2) is 4.79 Å². The zero-order chi connectivity index (χ0) is 26.0. The van der Waals surface area contributed by atoms with E-state index in [4.69, 9.17) is 23.2 Å². The van der Waals surface area contributed by atoms with Gasteiger partial charge in [0.25, 0.3) is 0 Å². The predicted molar refractivity (Wildman–Crippen MR) is 140 cm³/mol. The SMILES string of the molecule is CC(C)N(CC(=O)NC1CCN(C(=O)O)CC1)C1(Cc2cccc(Cl)c2)C(=O)Nc2cc(Cl)ccc21. The molecule has 2 aromatic carbocycles. The monoisotopic (exact) mass is 532 g/mol. The lowest BCUT2D eigenvalue weighted by atomic mass is 9.82. The Morgan fingerprint density at radius 3 is 2.50 bits per heavy atom. The smallest absolute Gasteiger partial charge is 0.407 e. The fraction of sp³-hybridized carbons (Fsp3) is 0.423. The van der Waals surface area contributed by atoms with Gasteiger partial charge in [-0.3, -0.25) is 14.5 Å². The third-order valence-electron chi connectivity index (χ3n) is 6.96. The van der Waals surface area contributed by atoms with E-state index in [0.717, 1.165) is 11.1 Å². The van der Waals surface area contributed by atoms with Gasteiger partial charge in [0.1, 0.15) is 5.54 Å². The van der Waals surface area contributed by atoms with Gasteiger partial charge in [0, 0.05) is 52.9 Å². The molecule has 1 atom stereocenters. The van der Waals surface area contributed by atoms with E-state index in [1.54, 1.807) is 18.2 Å². The first-order valence-electron chi connectivity index (χ1n) is 12.0. The fourth-order valence-electron chi connectivity index (χ4n) is 5.23. The first-order chi connectivity index (χ1) is 17.1. The van der Waals surface area contributed by atoms with Crippen LogP contribution in [0.5, 0.6) is 0 Å². The molecule has 1 fully saturated rings. The number of hydrogen-bond donors (Lipinski definition) is 3. The van der Waals surface area contributed by atoms with Crippen LogP contribution in [0.25, 0.3) is 0 Å². The molecule has 192 valence electrons. The largest absolute Gasteiger partial charge is 0.465 e. The molecule has 10 heteroatoms. The lowest BCUT2D eigenvalue weighted by Gasteiger charge is -2.42. The number of carbonyl (C=O) groups excluding carboxylic acids is 2. The Hall–Kier alpha value is -2.81. The van der Waals surface area contributed by atoms with E-state index in [0.29, 0.717) is 48.1 Å². The van der Waals surface area contributed by atoms with Gasteiger partial charge in [0.15, 0.2) is 0 Å². The van der Waals surface area contributed by atoms with Crippen molar-refractivity contribution in [3.8, 4) is 0 Å². The standard InChI is InChI=1S/C26H30Cl2N4O4/c1-16(2)32(15-23(33)29-20-8-10-31(11-9-20)25(35)36)26(14-17-4-3-5-18(27)12-17)21-7-6-19(28)13-22(21)30-24(26)34/h3-7,12-13,16,20H,8-11,14-15H2,1-2H3,(H,29,33)(H,30,34)(H,35,36). The van der Waals surface area contributed by atoms with Crippen LogP contribution in [0.1, 0.15) is 37.8 Å². The summed E-state index contributed by atoms with van der Waals surface area (Å²) in [6.07, 6.45) is 0.473. The number of amides is 3. The number of carboxylic acid groups (broad SMARTS) is 1. The van der Waals surface area contributed by atoms with Crippen LogP contribution in [0.2, 0.25) is 10.0 Å². The summed E-state index contributed by atoms with van der Waals surface area (Å²) in [5.41, 5.74) is 1.10. The van der Waals surface area contributed by atoms with Crippen molar-refractivity contribution in [1.82, 2.24) is 15.1 Å². The van der Waals surface area contributed by atoms with Gasteiger partial charge in [-0.1, -0.05) is 41.4 Å². The summed E-state index contributed by atoms with van der Waals surface area (Å²) in [6.45, 7) is 4.67. The van der Waals surface area contributed by atoms with E-state index in [9.17, 15) is 19.5 Å². The van der Waals surface area contributed by atoms with Gasteiger partial charge in [-0.2, -0.15) is 0 Å². The maximum Gasteiger partial charge on any atom is 0.407 e. The number of carbonyl (C=O) groups is 3. The van der Waals surface area contributed by atoms with Crippen molar-refractivity contribution in [2.45, 2.75) is 50.7 Å². The second-order valence-electron chi connectivity index (χ2n) is 9.64. The van der Waals surface area contributed by atoms with Crippen LogP contribution >= 0.6 is 23.2 Å². The Labute approximate surface area is 220 Å². The summed E-state index contributed by atoms with van der Waals surface area (Å²) in [6, 6.07) is 12.4. The van der Waals surface area contributed by atoms with Gasteiger partial charge in [-0.05, 0) is 56.5 Å². The van der Waals surface area contributed by atoms with Crippen LogP contribution in [-0.2, 0) is 21.5 Å². The number of rotatable bonds is 7. The maximum atomic E-state index is 13.7. The van der Waals surface area contributed by atoms with Gasteiger partial charge in [-0.15, -0.1) is 0 Å². The highest BCUT2D eigenvalue weighted by atomic mass is 35.5. The first-order valence-corrected chi connectivity index (χ1v) is 12.8. The Morgan fingerprint density at radius 2 is 1.86 bits per heavy atom. The minimum absolute atomic E-state index is 0.00708. The highest BCUT2D eigenvalue weighted by molar-refractivity contribution is 6.31. The zero-order valence-electron chi connectivity index (χ0n) is 20.3. The summed E-state index contributed by atoms with van der Waals surface area (Å²) >= 11 is 12.5. The van der Waals surface area contributed by atoms with Crippen molar-refractivity contribution in [1.29, 1.82) is 0 Å². The molecule has 0 aromatic heterocycles. The van der Waals surface area contributed by atoms with Gasteiger partial charge in [0.05, 0.1) is 6.54 Å². The number of halogens is 2. The van der Waals surface area contributed by atoms with Crippen LogP contribution in [0.4, 0.5) is 10.5 Å². The summed E-state index contributed by atoms with van der Waals surface area (Å²) in [4.78, 5) is 41.5. The maximum absolute atomic E-state index is 13.7. The summed E-state index contributed by atoms with van der Waals surface area (Å²) in [5.74, 6) is -0.436. The fourth-order valence-corrected chi connectivity index (χ4v) is 5.62. The van der Waals surface area contributed by atoms with Crippen LogP contribution in [-0.4, -0.2) is 64.5 Å². The Kier molecular flexibility index (Phi) is 7.78. The lowest BCUT2D eigenvalue weighted by Crippen LogP contribution is -2.58. The molecular formula is C26H30Cl2N4O4. The van der Waals surface area contributed by atoms with E-state index in [-0.39, 0.29) is 30.4 Å². The Morgan fingerprint density at radius 1 is 1.17 bits per heavy atom. The minimum atomic E-state index is -1.15. The Balaban J connectivity index is 1.64. The number of nitrogens with one attached hydrogen (secondary N) is 2. The molecule has 2 aliphatic rings. The molecule has 1 saturated heterocycles. The third kappa shape index (κ3) is 5.31. The van der Waals surface area contributed by atoms with Crippen LogP contribution < -0.4 is 10.6 Å². The average Bonchev–Trinajstić information content (AvgIpc) is 3.08. The molecule has 0 bridgehead atoms. The first kappa shape index (κ1) is 26.3. The summed E-state index contributed by atoms with van der Waals surface area (Å²) in [7, 11) is 0. The topological polar surface area (TPSA) is 102 Å². The van der Waals surface area contributed by atoms with Crippen LogP contribution in [0.3, 0.4) is 0 Å². The van der Waals surface area contributed by atoms with E-state index < -0.39 is 11.6 Å². The van der Waals surface area contributed by atoms with Crippen molar-refractivity contribution < 1.29 is 19.5 Å². The molecular weight excluding hydrogens is 503 g/mol. The molecule has 4 rings (SSSR count). The average molecular weight is 533 g/mol. The van der Waals surface area contributed by atoms with Gasteiger partial charge in [0.2, 0.25) is 11.8 Å². The molecule has 3 amide bonds. The van der Waals surface area contributed by atoms with Crippen LogP contribution in [0.15, 0.2) is 42.5 Å². The highest BCUT2D eigenvalue weighted by Gasteiger charge is 2.52. The number of fused-ring (bicyclic) bond motifs is 1. The van der Waals surface area contributed by atoms with E-state index in [1.807, 2.05) is 43.0 Å². The molecule has 0 spiro atoms. The third-order valence-corrected chi connectivity index (χ3v) is 7.43. The molecule has 0 aliphatic carbocycles. The number of nitrogens with zero attached hydrogens (tertiary/aromatic N) is 2. The summed E-state index contributed by atoms with van der Waals surface area (Å²) < 4.78 is 0. The van der Waals surface area contributed by atoms with Crippen molar-refractivity contribution >= 4 is 46.8 Å². The van der Waals surface area contributed by atoms with E-state index >= 15 is 0 Å². The number of benzene rings is 2. The quantitative estimate of drug-likeness (QED) is 0.491. The minimum Gasteiger partial charge on any atom is -0.465 e. The second-order valence-corrected chi connectivity index (χ2v) is 10.5. The molecule has 0 saturated carbocycles. The second kappa shape index (κ2) is 10.7. The number of piperidine rings is 1. The molecule has 36 heavy (non-hydrogen) atoms. The molecule has 2 aromatic rings. The van der Waals surface area contributed by atoms with Crippen LogP contribution in [0, 0.1) is 0 Å². The normalized spacial score (nSPS) is 19.9. The van der Waals surface area contributed by atoms with Gasteiger partial charge >= 0.3 is 6.09 Å². The van der Waals surface area contributed by atoms with Crippen molar-refractivity contribution in [2.24, 2.45) is 0 Å². The number of hydrogen-bond acceptors (Lipinski definition) is 4. The van der Waals surface area contributed by atoms with Gasteiger partial charge < -0.3 is 20.6 Å². The zero-order valence-corrected chi connectivity index (χ0v) is 21.8. The molecule has 8 nitrogen and oxygen atoms in total. The summed E-state index contributed by atoms with van der Waals surface area (Å²) in [5, 5.41) is 16.3. The Bertz CT molecular complexity index is 1170. The molecule has 2 aliphatic heterocycles. The molecule has 3 N–H and O–H groups in total. The number of anilines is 1. The number of likely N-dealkylation sites (tertiary alicyclic amines) is 1. The predicted octanol–water partition coefficient (Wildman–Crippen LogP) is 4.35. The van der Waals surface area contributed by atoms with Crippen molar-refractivity contribution in [2.75, 3.05) is 25.0 Å². The molecule has 1 unspecified atom stereocenters. The molecule has 2 heterocycles.